The lowest BCUT2D eigenvalue weighted by Gasteiger charge is -2.07. The van der Waals surface area contributed by atoms with Crippen molar-refractivity contribution in [3.63, 3.8) is 0 Å². The monoisotopic (exact) mass is 244 g/mol. The van der Waals surface area contributed by atoms with E-state index in [-0.39, 0.29) is 0 Å². The van der Waals surface area contributed by atoms with Gasteiger partial charge in [0.25, 0.3) is 0 Å². The smallest absolute Gasteiger partial charge is 0.115 e. The molecule has 0 atom stereocenters. The molecular weight excluding hydrogens is 224 g/mol. The zero-order valence-corrected chi connectivity index (χ0v) is 10.7. The minimum absolute atomic E-state index is 0.902. The summed E-state index contributed by atoms with van der Waals surface area (Å²) in [5.74, 6) is 0. The number of hydrogen-bond donors (Lipinski definition) is 3. The molecule has 3 N–H and O–H groups in total. The van der Waals surface area contributed by atoms with Gasteiger partial charge in [0.05, 0.1) is 5.69 Å². The first-order valence-corrected chi connectivity index (χ1v) is 6.45. The highest BCUT2D eigenvalue weighted by atomic mass is 15.1. The topological polar surface area (TPSA) is 52.7 Å². The number of aromatic nitrogens is 2. The van der Waals surface area contributed by atoms with Crippen LogP contribution in [0.25, 0.3) is 11.3 Å². The van der Waals surface area contributed by atoms with Crippen molar-refractivity contribution in [3.05, 3.63) is 36.5 Å². The summed E-state index contributed by atoms with van der Waals surface area (Å²) in [6.07, 6.45) is 3.07. The van der Waals surface area contributed by atoms with Gasteiger partial charge in [-0.15, -0.1) is 0 Å². The first-order valence-electron chi connectivity index (χ1n) is 6.45. The molecule has 0 saturated carbocycles. The average Bonchev–Trinajstić information content (AvgIpc) is 2.88. The van der Waals surface area contributed by atoms with Crippen LogP contribution in [-0.4, -0.2) is 29.8 Å². The quantitative estimate of drug-likeness (QED) is 0.656. The van der Waals surface area contributed by atoms with Gasteiger partial charge in [-0.1, -0.05) is 37.3 Å². The Labute approximate surface area is 108 Å². The van der Waals surface area contributed by atoms with Crippen LogP contribution in [0.4, 0.5) is 5.69 Å². The van der Waals surface area contributed by atoms with E-state index in [0.717, 1.165) is 36.6 Å². The van der Waals surface area contributed by atoms with Crippen molar-refractivity contribution in [1.29, 1.82) is 0 Å². The summed E-state index contributed by atoms with van der Waals surface area (Å²) >= 11 is 0. The predicted octanol–water partition coefficient (Wildman–Crippen LogP) is 2.49. The summed E-state index contributed by atoms with van der Waals surface area (Å²) < 4.78 is 0. The van der Waals surface area contributed by atoms with Crippen LogP contribution in [0, 0.1) is 0 Å². The first kappa shape index (κ1) is 12.6. The molecule has 1 aromatic carbocycles. The molecule has 0 amide bonds. The fraction of sp³-hybridized carbons (Fsp3) is 0.357. The van der Waals surface area contributed by atoms with Gasteiger partial charge in [-0.3, -0.25) is 5.10 Å². The van der Waals surface area contributed by atoms with Crippen LogP contribution in [0.3, 0.4) is 0 Å². The maximum absolute atomic E-state index is 4.29. The third-order valence-electron chi connectivity index (χ3n) is 2.73. The molecule has 0 saturated heterocycles. The average molecular weight is 244 g/mol. The summed E-state index contributed by atoms with van der Waals surface area (Å²) in [4.78, 5) is 0. The fourth-order valence-electron chi connectivity index (χ4n) is 1.83. The van der Waals surface area contributed by atoms with Crippen molar-refractivity contribution in [2.24, 2.45) is 0 Å². The van der Waals surface area contributed by atoms with Crippen LogP contribution in [0.2, 0.25) is 0 Å². The van der Waals surface area contributed by atoms with Gasteiger partial charge in [-0.25, -0.2) is 0 Å². The number of nitrogens with one attached hydrogen (secondary N) is 3. The molecule has 1 aromatic heterocycles. The van der Waals surface area contributed by atoms with Crippen molar-refractivity contribution in [1.82, 2.24) is 15.5 Å². The molecule has 96 valence electrons. The van der Waals surface area contributed by atoms with Gasteiger partial charge in [0, 0.05) is 24.8 Å². The van der Waals surface area contributed by atoms with Gasteiger partial charge in [0.1, 0.15) is 5.69 Å². The van der Waals surface area contributed by atoms with E-state index in [1.165, 1.54) is 6.42 Å². The Kier molecular flexibility index (Phi) is 4.78. The Balaban J connectivity index is 1.92. The molecule has 18 heavy (non-hydrogen) atoms. The third-order valence-corrected chi connectivity index (χ3v) is 2.73. The second-order valence-corrected chi connectivity index (χ2v) is 4.19. The lowest BCUT2D eigenvalue weighted by atomic mass is 10.1. The van der Waals surface area contributed by atoms with Crippen LogP contribution in [0.1, 0.15) is 13.3 Å². The van der Waals surface area contributed by atoms with Crippen molar-refractivity contribution in [3.8, 4) is 11.3 Å². The first-order chi connectivity index (χ1) is 8.92. The molecule has 0 aliphatic carbocycles. The van der Waals surface area contributed by atoms with Crippen LogP contribution in [0.15, 0.2) is 36.5 Å². The predicted molar refractivity (Wildman–Crippen MR) is 75.7 cm³/mol. The summed E-state index contributed by atoms with van der Waals surface area (Å²) in [7, 11) is 0. The molecule has 2 rings (SSSR count). The summed E-state index contributed by atoms with van der Waals surface area (Å²) in [5, 5.41) is 14.0. The lowest BCUT2D eigenvalue weighted by Crippen LogP contribution is -2.22. The third kappa shape index (κ3) is 3.34. The lowest BCUT2D eigenvalue weighted by molar-refractivity contribution is 0.688. The standard InChI is InChI=1S/C14H20N4/c1-2-8-15-9-10-16-13-11-17-18-14(13)12-6-4-3-5-7-12/h3-7,11,15-16H,2,8-10H2,1H3,(H,17,18). The molecule has 0 fully saturated rings. The highest BCUT2D eigenvalue weighted by Gasteiger charge is 2.06. The second-order valence-electron chi connectivity index (χ2n) is 4.19. The highest BCUT2D eigenvalue weighted by Crippen LogP contribution is 2.24. The molecule has 1 heterocycles. The van der Waals surface area contributed by atoms with E-state index in [1.807, 2.05) is 24.4 Å². The van der Waals surface area contributed by atoms with E-state index < -0.39 is 0 Å². The number of nitrogens with zero attached hydrogens (tertiary/aromatic N) is 1. The van der Waals surface area contributed by atoms with Gasteiger partial charge in [0.2, 0.25) is 0 Å². The van der Waals surface area contributed by atoms with E-state index >= 15 is 0 Å². The number of anilines is 1. The summed E-state index contributed by atoms with van der Waals surface area (Å²) in [6, 6.07) is 10.2. The van der Waals surface area contributed by atoms with E-state index in [9.17, 15) is 0 Å². The SMILES string of the molecule is CCCNCCNc1c[nH]nc1-c1ccccc1. The summed E-state index contributed by atoms with van der Waals surface area (Å²) in [5.41, 5.74) is 3.16. The number of aromatic amines is 1. The Morgan fingerprint density at radius 1 is 1.11 bits per heavy atom. The molecule has 0 unspecified atom stereocenters. The Morgan fingerprint density at radius 3 is 2.72 bits per heavy atom. The van der Waals surface area contributed by atoms with Crippen molar-refractivity contribution in [2.75, 3.05) is 25.0 Å². The normalized spacial score (nSPS) is 10.5. The highest BCUT2D eigenvalue weighted by molar-refractivity contribution is 5.73. The molecule has 0 radical (unpaired) electrons. The Hall–Kier alpha value is -1.81. The maximum atomic E-state index is 4.29. The molecule has 4 heteroatoms. The zero-order valence-electron chi connectivity index (χ0n) is 10.7. The van der Waals surface area contributed by atoms with Gasteiger partial charge in [-0.2, -0.15) is 5.10 Å². The van der Waals surface area contributed by atoms with Gasteiger partial charge >= 0.3 is 0 Å². The number of H-pyrrole nitrogens is 1. The largest absolute Gasteiger partial charge is 0.381 e. The van der Waals surface area contributed by atoms with Crippen molar-refractivity contribution >= 4 is 5.69 Å². The molecule has 0 spiro atoms. The minimum atomic E-state index is 0.902. The number of rotatable bonds is 7. The minimum Gasteiger partial charge on any atom is -0.381 e. The Morgan fingerprint density at radius 2 is 1.94 bits per heavy atom. The number of benzene rings is 1. The number of hydrogen-bond acceptors (Lipinski definition) is 3. The molecule has 0 aliphatic rings. The molecule has 4 nitrogen and oxygen atoms in total. The van der Waals surface area contributed by atoms with E-state index in [4.69, 9.17) is 0 Å². The van der Waals surface area contributed by atoms with Gasteiger partial charge < -0.3 is 10.6 Å². The molecule has 0 bridgehead atoms. The van der Waals surface area contributed by atoms with Crippen LogP contribution in [-0.2, 0) is 0 Å². The van der Waals surface area contributed by atoms with Crippen molar-refractivity contribution in [2.45, 2.75) is 13.3 Å². The van der Waals surface area contributed by atoms with E-state index in [1.54, 1.807) is 0 Å². The van der Waals surface area contributed by atoms with E-state index in [0.29, 0.717) is 0 Å². The van der Waals surface area contributed by atoms with Gasteiger partial charge in [-0.05, 0) is 13.0 Å². The molecule has 2 aromatic rings. The van der Waals surface area contributed by atoms with Crippen LogP contribution >= 0.6 is 0 Å². The second kappa shape index (κ2) is 6.81. The van der Waals surface area contributed by atoms with Crippen molar-refractivity contribution < 1.29 is 0 Å². The van der Waals surface area contributed by atoms with Gasteiger partial charge in [0.15, 0.2) is 0 Å². The van der Waals surface area contributed by atoms with Crippen LogP contribution < -0.4 is 10.6 Å². The summed E-state index contributed by atoms with van der Waals surface area (Å²) in [6.45, 7) is 5.11. The maximum Gasteiger partial charge on any atom is 0.115 e. The van der Waals surface area contributed by atoms with E-state index in [2.05, 4.69) is 39.9 Å². The molecule has 0 aliphatic heterocycles. The zero-order chi connectivity index (χ0) is 12.6. The Bertz CT molecular complexity index is 450. The molecular formula is C14H20N4. The fourth-order valence-corrected chi connectivity index (χ4v) is 1.83. The van der Waals surface area contributed by atoms with Crippen LogP contribution in [0.5, 0.6) is 0 Å².